The second kappa shape index (κ2) is 5.66. The first-order valence-corrected chi connectivity index (χ1v) is 5.79. The number of nitrogens with two attached hydrogens (primary N) is 1. The van der Waals surface area contributed by atoms with Crippen LogP contribution < -0.4 is 11.1 Å². The van der Waals surface area contributed by atoms with E-state index in [1.807, 2.05) is 36.4 Å². The van der Waals surface area contributed by atoms with Gasteiger partial charge in [0.15, 0.2) is 0 Å². The van der Waals surface area contributed by atoms with Crippen LogP contribution in [0.4, 0.5) is 5.69 Å². The molecule has 0 aliphatic heterocycles. The molecule has 0 saturated carbocycles. The van der Waals surface area contributed by atoms with Gasteiger partial charge in [0.2, 0.25) is 0 Å². The van der Waals surface area contributed by atoms with E-state index < -0.39 is 0 Å². The number of rotatable bonds is 4. The highest BCUT2D eigenvalue weighted by molar-refractivity contribution is 6.33. The van der Waals surface area contributed by atoms with Crippen molar-refractivity contribution in [1.82, 2.24) is 4.98 Å². The number of aromatic nitrogens is 1. The summed E-state index contributed by atoms with van der Waals surface area (Å²) in [5.74, 6) is 0. The Labute approximate surface area is 106 Å². The number of nitrogens with one attached hydrogen (secondary N) is 1. The minimum atomic E-state index is 0.529. The zero-order chi connectivity index (χ0) is 12.1. The second-order valence-electron chi connectivity index (χ2n) is 3.69. The van der Waals surface area contributed by atoms with E-state index in [4.69, 9.17) is 17.3 Å². The molecule has 0 atom stereocenters. The fourth-order valence-corrected chi connectivity index (χ4v) is 1.74. The topological polar surface area (TPSA) is 50.9 Å². The van der Waals surface area contributed by atoms with Gasteiger partial charge in [-0.1, -0.05) is 23.7 Å². The summed E-state index contributed by atoms with van der Waals surface area (Å²) in [5.41, 5.74) is 8.52. The zero-order valence-corrected chi connectivity index (χ0v) is 10.1. The Morgan fingerprint density at radius 3 is 2.82 bits per heavy atom. The number of anilines is 1. The number of para-hydroxylation sites is 1. The average Bonchev–Trinajstić information content (AvgIpc) is 2.38. The van der Waals surface area contributed by atoms with Gasteiger partial charge in [-0.2, -0.15) is 0 Å². The molecule has 1 aromatic carbocycles. The number of pyridine rings is 1. The predicted octanol–water partition coefficient (Wildman–Crippen LogP) is 2.81. The molecule has 88 valence electrons. The monoisotopic (exact) mass is 247 g/mol. The van der Waals surface area contributed by atoms with Crippen LogP contribution in [0.5, 0.6) is 0 Å². The molecule has 0 fully saturated rings. The third-order valence-corrected chi connectivity index (χ3v) is 2.78. The van der Waals surface area contributed by atoms with Gasteiger partial charge in [-0.15, -0.1) is 0 Å². The Bertz CT molecular complexity index is 500. The van der Waals surface area contributed by atoms with Crippen molar-refractivity contribution in [2.45, 2.75) is 13.1 Å². The molecule has 2 aromatic rings. The molecule has 3 nitrogen and oxygen atoms in total. The standard InChI is InChI=1S/C13H14ClN3/c14-12-3-1-2-4-13(12)17-9-11-7-10(8-15)5-6-16-11/h1-7,17H,8-9,15H2. The van der Waals surface area contributed by atoms with Crippen molar-refractivity contribution >= 4 is 17.3 Å². The maximum atomic E-state index is 6.05. The van der Waals surface area contributed by atoms with E-state index in [9.17, 15) is 0 Å². The molecule has 1 heterocycles. The maximum Gasteiger partial charge on any atom is 0.0637 e. The zero-order valence-electron chi connectivity index (χ0n) is 9.36. The first kappa shape index (κ1) is 11.9. The lowest BCUT2D eigenvalue weighted by Crippen LogP contribution is -2.04. The first-order chi connectivity index (χ1) is 8.29. The summed E-state index contributed by atoms with van der Waals surface area (Å²) in [5, 5.41) is 3.96. The van der Waals surface area contributed by atoms with Crippen molar-refractivity contribution in [3.8, 4) is 0 Å². The molecule has 0 radical (unpaired) electrons. The highest BCUT2D eigenvalue weighted by atomic mass is 35.5. The predicted molar refractivity (Wildman–Crippen MR) is 70.9 cm³/mol. The van der Waals surface area contributed by atoms with Crippen LogP contribution in [0, 0.1) is 0 Å². The molecule has 4 heteroatoms. The molecule has 2 rings (SSSR count). The normalized spacial score (nSPS) is 10.2. The third kappa shape index (κ3) is 3.19. The highest BCUT2D eigenvalue weighted by Crippen LogP contribution is 2.20. The Hall–Kier alpha value is -1.58. The van der Waals surface area contributed by atoms with Crippen LogP contribution in [0.25, 0.3) is 0 Å². The Balaban J connectivity index is 2.05. The van der Waals surface area contributed by atoms with Gasteiger partial charge >= 0.3 is 0 Å². The summed E-state index contributed by atoms with van der Waals surface area (Å²) in [4.78, 5) is 4.27. The van der Waals surface area contributed by atoms with Gasteiger partial charge in [-0.25, -0.2) is 0 Å². The summed E-state index contributed by atoms with van der Waals surface area (Å²) < 4.78 is 0. The van der Waals surface area contributed by atoms with Crippen LogP contribution in [0.3, 0.4) is 0 Å². The van der Waals surface area contributed by atoms with E-state index in [1.54, 1.807) is 6.20 Å². The summed E-state index contributed by atoms with van der Waals surface area (Å²) in [6.07, 6.45) is 1.77. The molecule has 0 spiro atoms. The highest BCUT2D eigenvalue weighted by Gasteiger charge is 2.00. The van der Waals surface area contributed by atoms with Gasteiger partial charge < -0.3 is 11.1 Å². The second-order valence-corrected chi connectivity index (χ2v) is 4.10. The summed E-state index contributed by atoms with van der Waals surface area (Å²) in [7, 11) is 0. The number of benzene rings is 1. The van der Waals surface area contributed by atoms with Crippen molar-refractivity contribution in [1.29, 1.82) is 0 Å². The Kier molecular flexibility index (Phi) is 3.96. The van der Waals surface area contributed by atoms with E-state index in [2.05, 4.69) is 10.3 Å². The minimum Gasteiger partial charge on any atom is -0.378 e. The summed E-state index contributed by atoms with van der Waals surface area (Å²) in [6.45, 7) is 1.17. The molecule has 1 aromatic heterocycles. The van der Waals surface area contributed by atoms with Crippen molar-refractivity contribution in [3.63, 3.8) is 0 Å². The smallest absolute Gasteiger partial charge is 0.0637 e. The van der Waals surface area contributed by atoms with Crippen molar-refractivity contribution < 1.29 is 0 Å². The lowest BCUT2D eigenvalue weighted by Gasteiger charge is -2.08. The Morgan fingerprint density at radius 1 is 1.24 bits per heavy atom. The molecule has 0 unspecified atom stereocenters. The van der Waals surface area contributed by atoms with Crippen molar-refractivity contribution in [2.24, 2.45) is 5.73 Å². The largest absolute Gasteiger partial charge is 0.378 e. The van der Waals surface area contributed by atoms with E-state index in [-0.39, 0.29) is 0 Å². The fraction of sp³-hybridized carbons (Fsp3) is 0.154. The van der Waals surface area contributed by atoms with E-state index in [1.165, 1.54) is 0 Å². The number of hydrogen-bond acceptors (Lipinski definition) is 3. The number of hydrogen-bond donors (Lipinski definition) is 2. The van der Waals surface area contributed by atoms with Crippen LogP contribution >= 0.6 is 11.6 Å². The summed E-state index contributed by atoms with van der Waals surface area (Å²) in [6, 6.07) is 11.5. The van der Waals surface area contributed by atoms with Crippen LogP contribution in [-0.2, 0) is 13.1 Å². The van der Waals surface area contributed by atoms with Gasteiger partial charge in [0.05, 0.1) is 22.9 Å². The Morgan fingerprint density at radius 2 is 2.06 bits per heavy atom. The summed E-state index contributed by atoms with van der Waals surface area (Å²) >= 11 is 6.05. The molecule has 3 N–H and O–H groups in total. The fourth-order valence-electron chi connectivity index (χ4n) is 1.54. The molecular weight excluding hydrogens is 234 g/mol. The average molecular weight is 248 g/mol. The quantitative estimate of drug-likeness (QED) is 0.874. The molecule has 0 amide bonds. The molecular formula is C13H14ClN3. The van der Waals surface area contributed by atoms with E-state index in [0.29, 0.717) is 18.1 Å². The lowest BCUT2D eigenvalue weighted by atomic mass is 10.2. The molecule has 0 aliphatic carbocycles. The van der Waals surface area contributed by atoms with E-state index >= 15 is 0 Å². The lowest BCUT2D eigenvalue weighted by molar-refractivity contribution is 0.997. The molecule has 0 saturated heterocycles. The van der Waals surface area contributed by atoms with Crippen LogP contribution in [0.2, 0.25) is 5.02 Å². The SMILES string of the molecule is NCc1ccnc(CNc2ccccc2Cl)c1. The minimum absolute atomic E-state index is 0.529. The number of halogens is 1. The number of nitrogens with zero attached hydrogens (tertiary/aromatic N) is 1. The van der Waals surface area contributed by atoms with Crippen LogP contribution in [-0.4, -0.2) is 4.98 Å². The maximum absolute atomic E-state index is 6.05. The van der Waals surface area contributed by atoms with Gasteiger partial charge in [0.25, 0.3) is 0 Å². The van der Waals surface area contributed by atoms with Gasteiger partial charge in [0, 0.05) is 12.7 Å². The van der Waals surface area contributed by atoms with Gasteiger partial charge in [0.1, 0.15) is 0 Å². The van der Waals surface area contributed by atoms with Crippen LogP contribution in [0.1, 0.15) is 11.3 Å². The third-order valence-electron chi connectivity index (χ3n) is 2.45. The van der Waals surface area contributed by atoms with Crippen LogP contribution in [0.15, 0.2) is 42.6 Å². The van der Waals surface area contributed by atoms with Gasteiger partial charge in [-0.05, 0) is 29.8 Å². The molecule has 17 heavy (non-hydrogen) atoms. The van der Waals surface area contributed by atoms with E-state index in [0.717, 1.165) is 16.9 Å². The first-order valence-electron chi connectivity index (χ1n) is 5.42. The van der Waals surface area contributed by atoms with Crippen molar-refractivity contribution in [3.05, 3.63) is 58.9 Å². The molecule has 0 bridgehead atoms. The van der Waals surface area contributed by atoms with Gasteiger partial charge in [-0.3, -0.25) is 4.98 Å². The molecule has 0 aliphatic rings. The van der Waals surface area contributed by atoms with Crippen molar-refractivity contribution in [2.75, 3.05) is 5.32 Å².